The number of alkyl halides is 3. The summed E-state index contributed by atoms with van der Waals surface area (Å²) in [6.45, 7) is -0.170. The molecule has 43 heavy (non-hydrogen) atoms. The molecule has 1 N–H and O–H groups in total. The summed E-state index contributed by atoms with van der Waals surface area (Å²) in [4.78, 5) is 30.0. The van der Waals surface area contributed by atoms with Crippen LogP contribution in [0.4, 0.5) is 17.6 Å². The molecule has 14 heteroatoms. The number of halogens is 5. The van der Waals surface area contributed by atoms with Gasteiger partial charge in [-0.3, -0.25) is 18.9 Å². The molecule has 1 aliphatic rings. The number of piperidine rings is 1. The summed E-state index contributed by atoms with van der Waals surface area (Å²) in [6, 6.07) is 11.6. The van der Waals surface area contributed by atoms with Gasteiger partial charge in [-0.2, -0.15) is 22.8 Å². The molecule has 8 nitrogen and oxygen atoms in total. The van der Waals surface area contributed by atoms with Gasteiger partial charge in [-0.25, -0.2) is 4.79 Å². The Morgan fingerprint density at radius 2 is 1.88 bits per heavy atom. The Labute approximate surface area is 250 Å². The van der Waals surface area contributed by atoms with Crippen molar-refractivity contribution in [2.75, 3.05) is 13.1 Å². The average Bonchev–Trinajstić information content (AvgIpc) is 3.56. The molecule has 0 atom stereocenters. The molecule has 0 unspecified atom stereocenters. The van der Waals surface area contributed by atoms with E-state index in [4.69, 9.17) is 11.6 Å². The third kappa shape index (κ3) is 5.58. The number of nitrogens with one attached hydrogen (secondary N) is 1. The first-order valence-corrected chi connectivity index (χ1v) is 14.5. The topological polar surface area (TPSA) is 97.6 Å². The molecular formula is C29H23ClF4N6O2S. The van der Waals surface area contributed by atoms with E-state index in [0.717, 1.165) is 35.1 Å². The van der Waals surface area contributed by atoms with Crippen molar-refractivity contribution in [2.24, 2.45) is 5.41 Å². The molecule has 1 aromatic carbocycles. The summed E-state index contributed by atoms with van der Waals surface area (Å²) in [5.74, 6) is -1.46. The number of nitrogens with zero attached hydrogens (tertiary/aromatic N) is 5. The van der Waals surface area contributed by atoms with E-state index in [1.807, 2.05) is 24.4 Å². The van der Waals surface area contributed by atoms with Crippen LogP contribution in [0.2, 0.25) is 5.02 Å². The molecule has 1 aliphatic heterocycles. The van der Waals surface area contributed by atoms with Gasteiger partial charge in [-0.1, -0.05) is 11.6 Å². The Morgan fingerprint density at radius 3 is 2.60 bits per heavy atom. The molecule has 0 bridgehead atoms. The maximum atomic E-state index is 14.3. The van der Waals surface area contributed by atoms with Crippen LogP contribution in [-0.2, 0) is 19.6 Å². The zero-order chi connectivity index (χ0) is 30.5. The number of nitriles is 1. The van der Waals surface area contributed by atoms with Crippen molar-refractivity contribution in [2.45, 2.75) is 38.7 Å². The van der Waals surface area contributed by atoms with E-state index in [2.05, 4.69) is 20.9 Å². The molecule has 0 amide bonds. The minimum Gasteiger partial charge on any atom is -0.345 e. The van der Waals surface area contributed by atoms with Crippen LogP contribution in [0.3, 0.4) is 0 Å². The predicted octanol–water partition coefficient (Wildman–Crippen LogP) is 5.54. The Kier molecular flexibility index (Phi) is 7.40. The van der Waals surface area contributed by atoms with E-state index >= 15 is 0 Å². The molecule has 1 saturated heterocycles. The highest BCUT2D eigenvalue weighted by Gasteiger charge is 2.33. The predicted molar refractivity (Wildman–Crippen MR) is 156 cm³/mol. The van der Waals surface area contributed by atoms with Gasteiger partial charge in [0.15, 0.2) is 0 Å². The van der Waals surface area contributed by atoms with Crippen molar-refractivity contribution in [1.82, 2.24) is 24.0 Å². The molecular weight excluding hydrogens is 608 g/mol. The van der Waals surface area contributed by atoms with E-state index in [-0.39, 0.29) is 10.8 Å². The fourth-order valence-corrected chi connectivity index (χ4v) is 7.04. The van der Waals surface area contributed by atoms with Crippen molar-refractivity contribution in [3.63, 3.8) is 0 Å². The average molecular weight is 631 g/mol. The first-order valence-electron chi connectivity index (χ1n) is 13.3. The van der Waals surface area contributed by atoms with Gasteiger partial charge < -0.3 is 9.88 Å². The fourth-order valence-electron chi connectivity index (χ4n) is 5.68. The van der Waals surface area contributed by atoms with E-state index in [1.54, 1.807) is 18.3 Å². The largest absolute Gasteiger partial charge is 0.406 e. The molecule has 6 rings (SSSR count). The summed E-state index contributed by atoms with van der Waals surface area (Å²) in [5.41, 5.74) is -0.181. The number of aromatic nitrogens is 4. The van der Waals surface area contributed by atoms with E-state index in [1.165, 1.54) is 11.3 Å². The normalized spacial score (nSPS) is 15.3. The molecule has 5 heterocycles. The van der Waals surface area contributed by atoms with Gasteiger partial charge in [0.2, 0.25) is 5.82 Å². The van der Waals surface area contributed by atoms with Crippen LogP contribution >= 0.6 is 22.9 Å². The third-order valence-corrected chi connectivity index (χ3v) is 9.07. The minimum absolute atomic E-state index is 0.140. The van der Waals surface area contributed by atoms with E-state index < -0.39 is 41.7 Å². The van der Waals surface area contributed by atoms with Crippen LogP contribution in [0.1, 0.15) is 17.7 Å². The number of rotatable bonds is 6. The number of thiophene rings is 1. The first kappa shape index (κ1) is 29.1. The number of pyridine rings is 1. The zero-order valence-electron chi connectivity index (χ0n) is 22.4. The molecule has 5 aromatic rings. The number of fused-ring (bicyclic) bond motifs is 2. The zero-order valence-corrected chi connectivity index (χ0v) is 24.0. The Morgan fingerprint density at radius 1 is 1.12 bits per heavy atom. The lowest BCUT2D eigenvalue weighted by molar-refractivity contribution is -0.141. The summed E-state index contributed by atoms with van der Waals surface area (Å²) in [7, 11) is 0. The Balaban J connectivity index is 1.45. The van der Waals surface area contributed by atoms with Gasteiger partial charge in [0.05, 0.1) is 40.0 Å². The minimum atomic E-state index is -4.78. The maximum Gasteiger partial charge on any atom is 0.406 e. The summed E-state index contributed by atoms with van der Waals surface area (Å²) in [6.07, 6.45) is 0.456. The van der Waals surface area contributed by atoms with Crippen LogP contribution in [0.25, 0.3) is 32.2 Å². The molecule has 0 spiro atoms. The van der Waals surface area contributed by atoms with Crippen LogP contribution < -0.4 is 16.6 Å². The quantitative estimate of drug-likeness (QED) is 0.249. The highest BCUT2D eigenvalue weighted by Crippen LogP contribution is 2.40. The fraction of sp³-hybridized carbons (Fsp3) is 0.310. The smallest absolute Gasteiger partial charge is 0.345 e. The van der Waals surface area contributed by atoms with Crippen LogP contribution in [-0.4, -0.2) is 38.0 Å². The van der Waals surface area contributed by atoms with Gasteiger partial charge in [0, 0.05) is 45.4 Å². The standard InChI is InChI=1S/C29H23ClF4N6O2S/c30-18-9-17-2-8-38(15-28(14-35)3-6-36-7-4-28)24(17)21(10-18)20-1-5-37-23-11-19(43-25(20)23)12-40-26(41)22(31)13-39(27(40)42)16-29(32,33)34/h1-2,5,8-11,13,36H,3-4,6-7,12,15-16H2. The monoisotopic (exact) mass is 630 g/mol. The molecule has 0 radical (unpaired) electrons. The molecule has 0 saturated carbocycles. The number of hydrogen-bond acceptors (Lipinski definition) is 6. The maximum absolute atomic E-state index is 14.3. The van der Waals surface area contributed by atoms with E-state index in [0.29, 0.717) is 44.1 Å². The second-order valence-corrected chi connectivity index (χ2v) is 12.2. The third-order valence-electron chi connectivity index (χ3n) is 7.71. The van der Waals surface area contributed by atoms with Crippen LogP contribution in [0, 0.1) is 22.6 Å². The second-order valence-electron chi connectivity index (χ2n) is 10.7. The van der Waals surface area contributed by atoms with Crippen molar-refractivity contribution in [3.8, 4) is 17.2 Å². The highest BCUT2D eigenvalue weighted by atomic mass is 35.5. The number of hydrogen-bond donors (Lipinski definition) is 1. The Bertz CT molecular complexity index is 2030. The van der Waals surface area contributed by atoms with Gasteiger partial charge in [-0.05, 0) is 56.3 Å². The summed E-state index contributed by atoms with van der Waals surface area (Å²) >= 11 is 7.72. The molecule has 222 valence electrons. The van der Waals surface area contributed by atoms with Crippen LogP contribution in [0.5, 0.6) is 0 Å². The second kappa shape index (κ2) is 10.9. The lowest BCUT2D eigenvalue weighted by Gasteiger charge is -2.32. The Hall–Kier alpha value is -3.99. The molecule has 4 aromatic heterocycles. The molecule has 1 fully saturated rings. The van der Waals surface area contributed by atoms with Crippen molar-refractivity contribution in [3.05, 3.63) is 85.5 Å². The van der Waals surface area contributed by atoms with Crippen molar-refractivity contribution < 1.29 is 17.6 Å². The lowest BCUT2D eigenvalue weighted by Crippen LogP contribution is -2.43. The van der Waals surface area contributed by atoms with Gasteiger partial charge in [0.1, 0.15) is 6.54 Å². The van der Waals surface area contributed by atoms with Gasteiger partial charge >= 0.3 is 11.9 Å². The van der Waals surface area contributed by atoms with Crippen molar-refractivity contribution in [1.29, 1.82) is 5.26 Å². The highest BCUT2D eigenvalue weighted by molar-refractivity contribution is 7.19. The first-order chi connectivity index (χ1) is 20.5. The van der Waals surface area contributed by atoms with Crippen LogP contribution in [0.15, 0.2) is 58.5 Å². The molecule has 0 aliphatic carbocycles. The summed E-state index contributed by atoms with van der Waals surface area (Å²) < 4.78 is 56.5. The van der Waals surface area contributed by atoms with Crippen molar-refractivity contribution >= 4 is 44.1 Å². The van der Waals surface area contributed by atoms with Gasteiger partial charge in [0.25, 0.3) is 5.56 Å². The van der Waals surface area contributed by atoms with Gasteiger partial charge in [-0.15, -0.1) is 11.3 Å². The lowest BCUT2D eigenvalue weighted by atomic mass is 9.80. The van der Waals surface area contributed by atoms with E-state index in [9.17, 15) is 32.4 Å². The summed E-state index contributed by atoms with van der Waals surface area (Å²) in [5, 5.41) is 14.8. The number of benzene rings is 1. The SMILES string of the molecule is N#CC1(Cn2ccc3cc(Cl)cc(-c4ccnc5cc(Cn6c(=O)c(F)cn(CC(F)(F)F)c6=O)sc45)c32)CCNCC1.